The lowest BCUT2D eigenvalue weighted by Gasteiger charge is -2.28. The maximum atomic E-state index is 12.2. The fraction of sp³-hybridized carbons (Fsp3) is 0.667. The number of amides is 1. The van der Waals surface area contributed by atoms with Crippen LogP contribution >= 0.6 is 11.3 Å². The summed E-state index contributed by atoms with van der Waals surface area (Å²) >= 11 is 1.81. The molecule has 0 radical (unpaired) electrons. The predicted octanol–water partition coefficient (Wildman–Crippen LogP) is 2.80. The molecule has 1 amide bonds. The number of hydrogen-bond donors (Lipinski definition) is 1. The monoisotopic (exact) mass is 280 g/mol. The third-order valence-corrected chi connectivity index (χ3v) is 4.86. The minimum atomic E-state index is 0.242. The van der Waals surface area contributed by atoms with Crippen molar-refractivity contribution in [1.82, 2.24) is 10.2 Å². The van der Waals surface area contributed by atoms with E-state index in [1.165, 1.54) is 16.9 Å². The smallest absolute Gasteiger partial charge is 0.236 e. The summed E-state index contributed by atoms with van der Waals surface area (Å²) < 4.78 is 0. The van der Waals surface area contributed by atoms with Crippen LogP contribution in [0.5, 0.6) is 0 Å². The van der Waals surface area contributed by atoms with Crippen molar-refractivity contribution < 1.29 is 4.79 Å². The van der Waals surface area contributed by atoms with E-state index in [1.54, 1.807) is 0 Å². The number of nitrogens with zero attached hydrogens (tertiary/aromatic N) is 1. The fourth-order valence-corrected chi connectivity index (χ4v) is 3.49. The zero-order valence-corrected chi connectivity index (χ0v) is 12.8. The molecular weight excluding hydrogens is 256 g/mol. The summed E-state index contributed by atoms with van der Waals surface area (Å²) in [6, 6.07) is 2.63. The predicted molar refractivity (Wildman–Crippen MR) is 80.4 cm³/mol. The Morgan fingerprint density at radius 1 is 1.53 bits per heavy atom. The van der Waals surface area contributed by atoms with Crippen molar-refractivity contribution in [1.29, 1.82) is 0 Å². The molecule has 0 fully saturated rings. The van der Waals surface area contributed by atoms with Crippen LogP contribution in [0.3, 0.4) is 0 Å². The van der Waals surface area contributed by atoms with E-state index in [1.807, 2.05) is 16.2 Å². The number of hydrogen-bond acceptors (Lipinski definition) is 3. The molecule has 1 unspecified atom stereocenters. The average molecular weight is 280 g/mol. The third-order valence-electron chi connectivity index (χ3n) is 3.83. The van der Waals surface area contributed by atoms with Crippen molar-refractivity contribution in [2.24, 2.45) is 0 Å². The number of fused-ring (bicyclic) bond motifs is 1. The molecule has 1 N–H and O–H groups in total. The quantitative estimate of drug-likeness (QED) is 0.869. The first-order chi connectivity index (χ1) is 9.24. The van der Waals surface area contributed by atoms with Crippen LogP contribution in [0.15, 0.2) is 11.4 Å². The molecule has 0 aliphatic carbocycles. The first kappa shape index (κ1) is 14.5. The zero-order valence-electron chi connectivity index (χ0n) is 11.9. The summed E-state index contributed by atoms with van der Waals surface area (Å²) in [5.74, 6) is 0.242. The Morgan fingerprint density at radius 3 is 3.11 bits per heavy atom. The highest BCUT2D eigenvalue weighted by Gasteiger charge is 2.21. The first-order valence-corrected chi connectivity index (χ1v) is 8.19. The van der Waals surface area contributed by atoms with Gasteiger partial charge >= 0.3 is 0 Å². The highest BCUT2D eigenvalue weighted by Crippen LogP contribution is 2.23. The first-order valence-electron chi connectivity index (χ1n) is 7.31. The molecule has 1 aromatic rings. The molecule has 1 aliphatic heterocycles. The molecule has 0 aromatic carbocycles. The largest absolute Gasteiger partial charge is 0.337 e. The van der Waals surface area contributed by atoms with Crippen LogP contribution < -0.4 is 5.32 Å². The van der Waals surface area contributed by atoms with Gasteiger partial charge in [0.15, 0.2) is 0 Å². The molecular formula is C15H24N2OS. The molecule has 4 heteroatoms. The molecule has 106 valence electrons. The summed E-state index contributed by atoms with van der Waals surface area (Å²) in [5, 5.41) is 5.53. The maximum Gasteiger partial charge on any atom is 0.236 e. The lowest BCUT2D eigenvalue weighted by Crippen LogP contribution is -2.43. The minimum Gasteiger partial charge on any atom is -0.337 e. The van der Waals surface area contributed by atoms with Crippen LogP contribution in [0, 0.1) is 0 Å². The lowest BCUT2D eigenvalue weighted by molar-refractivity contribution is -0.131. The van der Waals surface area contributed by atoms with Gasteiger partial charge in [0.05, 0.1) is 6.54 Å². The van der Waals surface area contributed by atoms with Gasteiger partial charge in [-0.15, -0.1) is 11.3 Å². The van der Waals surface area contributed by atoms with E-state index in [-0.39, 0.29) is 5.91 Å². The number of nitrogens with one attached hydrogen (secondary N) is 1. The van der Waals surface area contributed by atoms with Gasteiger partial charge in [-0.2, -0.15) is 0 Å². The van der Waals surface area contributed by atoms with Gasteiger partial charge in [0, 0.05) is 24.0 Å². The molecule has 0 spiro atoms. The van der Waals surface area contributed by atoms with Crippen LogP contribution in [-0.2, 0) is 17.8 Å². The number of thiophene rings is 1. The second kappa shape index (κ2) is 7.06. The van der Waals surface area contributed by atoms with Gasteiger partial charge in [0.2, 0.25) is 5.91 Å². The number of rotatable bonds is 6. The minimum absolute atomic E-state index is 0.242. The molecule has 1 aliphatic rings. The normalized spacial score (nSPS) is 16.2. The molecule has 1 atom stereocenters. The van der Waals surface area contributed by atoms with E-state index in [0.717, 1.165) is 32.4 Å². The van der Waals surface area contributed by atoms with Crippen LogP contribution in [0.2, 0.25) is 0 Å². The van der Waals surface area contributed by atoms with Crippen LogP contribution in [0.1, 0.15) is 43.6 Å². The summed E-state index contributed by atoms with van der Waals surface area (Å²) in [7, 11) is 0. The van der Waals surface area contributed by atoms with Gasteiger partial charge in [-0.05, 0) is 36.3 Å². The van der Waals surface area contributed by atoms with E-state index in [0.29, 0.717) is 12.6 Å². The summed E-state index contributed by atoms with van der Waals surface area (Å²) in [6.45, 7) is 6.52. The second-order valence-electron chi connectivity index (χ2n) is 5.21. The molecule has 1 aromatic heterocycles. The number of carbonyl (C=O) groups is 1. The average Bonchev–Trinajstić information content (AvgIpc) is 2.90. The molecule has 2 heterocycles. The second-order valence-corrected chi connectivity index (χ2v) is 6.21. The van der Waals surface area contributed by atoms with Gasteiger partial charge in [-0.3, -0.25) is 4.79 Å². The van der Waals surface area contributed by atoms with E-state index in [9.17, 15) is 4.79 Å². The topological polar surface area (TPSA) is 32.3 Å². The van der Waals surface area contributed by atoms with Crippen LogP contribution in [-0.4, -0.2) is 29.9 Å². The Balaban J connectivity index is 1.81. The Morgan fingerprint density at radius 2 is 2.37 bits per heavy atom. The Hall–Kier alpha value is -0.870. The highest BCUT2D eigenvalue weighted by atomic mass is 32.1. The third kappa shape index (κ3) is 3.80. The standard InChI is InChI=1S/C15H24N2OS/c1-3-5-13(4-2)16-10-15(18)17-8-6-14-12(11-17)7-9-19-14/h7,9,13,16H,3-6,8,10-11H2,1-2H3. The molecule has 0 bridgehead atoms. The molecule has 0 saturated heterocycles. The fourth-order valence-electron chi connectivity index (χ4n) is 2.60. The molecule has 2 rings (SSSR count). The van der Waals surface area contributed by atoms with E-state index >= 15 is 0 Å². The molecule has 3 nitrogen and oxygen atoms in total. The number of carbonyl (C=O) groups excluding carboxylic acids is 1. The van der Waals surface area contributed by atoms with Gasteiger partial charge in [0.1, 0.15) is 0 Å². The van der Waals surface area contributed by atoms with Crippen molar-refractivity contribution in [3.8, 4) is 0 Å². The van der Waals surface area contributed by atoms with Gasteiger partial charge in [0.25, 0.3) is 0 Å². The van der Waals surface area contributed by atoms with E-state index in [4.69, 9.17) is 0 Å². The summed E-state index contributed by atoms with van der Waals surface area (Å²) in [5.41, 5.74) is 1.34. The van der Waals surface area contributed by atoms with Crippen molar-refractivity contribution in [3.63, 3.8) is 0 Å². The molecule has 0 saturated carbocycles. The summed E-state index contributed by atoms with van der Waals surface area (Å²) in [6.07, 6.45) is 4.43. The van der Waals surface area contributed by atoms with E-state index in [2.05, 4.69) is 30.6 Å². The van der Waals surface area contributed by atoms with Gasteiger partial charge in [-0.25, -0.2) is 0 Å². The van der Waals surface area contributed by atoms with Gasteiger partial charge < -0.3 is 10.2 Å². The van der Waals surface area contributed by atoms with Gasteiger partial charge in [-0.1, -0.05) is 20.3 Å². The Labute approximate surface area is 120 Å². The maximum absolute atomic E-state index is 12.2. The van der Waals surface area contributed by atoms with Crippen LogP contribution in [0.25, 0.3) is 0 Å². The SMILES string of the molecule is CCCC(CC)NCC(=O)N1CCc2sccc2C1. The highest BCUT2D eigenvalue weighted by molar-refractivity contribution is 7.10. The Kier molecular flexibility index (Phi) is 5.40. The summed E-state index contributed by atoms with van der Waals surface area (Å²) in [4.78, 5) is 15.7. The van der Waals surface area contributed by atoms with Crippen molar-refractivity contribution in [2.75, 3.05) is 13.1 Å². The Bertz CT molecular complexity index is 416. The van der Waals surface area contributed by atoms with Crippen molar-refractivity contribution in [2.45, 2.75) is 52.1 Å². The molecule has 19 heavy (non-hydrogen) atoms. The van der Waals surface area contributed by atoms with Crippen molar-refractivity contribution in [3.05, 3.63) is 21.9 Å². The zero-order chi connectivity index (χ0) is 13.7. The van der Waals surface area contributed by atoms with Crippen LogP contribution in [0.4, 0.5) is 0 Å². The van der Waals surface area contributed by atoms with E-state index < -0.39 is 0 Å². The lowest BCUT2D eigenvalue weighted by atomic mass is 10.1. The van der Waals surface area contributed by atoms with Crippen molar-refractivity contribution >= 4 is 17.2 Å².